The molecule has 0 bridgehead atoms. The molecule has 0 aliphatic rings. The molecule has 0 aliphatic carbocycles. The van der Waals surface area contributed by atoms with Crippen LogP contribution in [0.15, 0.2) is 12.1 Å². The number of methoxy groups -OCH3 is 1. The van der Waals surface area contributed by atoms with Crippen molar-refractivity contribution in [3.05, 3.63) is 29.1 Å². The summed E-state index contributed by atoms with van der Waals surface area (Å²) in [6, 6.07) is 3.69. The molecule has 1 aromatic rings. The summed E-state index contributed by atoms with van der Waals surface area (Å²) < 4.78 is 4.66. The fourth-order valence-electron chi connectivity index (χ4n) is 1.44. The van der Waals surface area contributed by atoms with Crippen LogP contribution in [0.25, 0.3) is 0 Å². The summed E-state index contributed by atoms with van der Waals surface area (Å²) in [5.74, 6) is -0.318. The number of carbonyl (C=O) groups excluding carboxylic acids is 1. The van der Waals surface area contributed by atoms with Gasteiger partial charge in [0, 0.05) is 5.69 Å². The second kappa shape index (κ2) is 5.49. The normalized spacial score (nSPS) is 10.1. The standard InChI is InChI=1S/C12H17NO2/c1-4-5-6-10-7-8-11(9(2)13-10)12(14)15-3/h7-8H,4-6H2,1-3H3. The summed E-state index contributed by atoms with van der Waals surface area (Å²) in [4.78, 5) is 15.7. The van der Waals surface area contributed by atoms with Crippen LogP contribution in [0.3, 0.4) is 0 Å². The van der Waals surface area contributed by atoms with Gasteiger partial charge in [-0.05, 0) is 31.9 Å². The van der Waals surface area contributed by atoms with Crippen LogP contribution in [-0.4, -0.2) is 18.1 Å². The summed E-state index contributed by atoms with van der Waals surface area (Å²) in [5, 5.41) is 0. The van der Waals surface area contributed by atoms with Crippen molar-refractivity contribution in [1.82, 2.24) is 4.98 Å². The van der Waals surface area contributed by atoms with E-state index < -0.39 is 0 Å². The predicted octanol–water partition coefficient (Wildman–Crippen LogP) is 2.52. The average Bonchev–Trinajstić information content (AvgIpc) is 2.25. The molecule has 0 aromatic carbocycles. The number of rotatable bonds is 4. The molecule has 0 N–H and O–H groups in total. The lowest BCUT2D eigenvalue weighted by molar-refractivity contribution is 0.0599. The highest BCUT2D eigenvalue weighted by Crippen LogP contribution is 2.10. The monoisotopic (exact) mass is 207 g/mol. The van der Waals surface area contributed by atoms with Crippen LogP contribution in [0.5, 0.6) is 0 Å². The molecule has 0 saturated heterocycles. The SMILES string of the molecule is CCCCc1ccc(C(=O)OC)c(C)n1. The van der Waals surface area contributed by atoms with Crippen LogP contribution in [0, 0.1) is 6.92 Å². The molecule has 1 aromatic heterocycles. The topological polar surface area (TPSA) is 39.2 Å². The molecule has 0 atom stereocenters. The molecule has 0 aliphatic heterocycles. The van der Waals surface area contributed by atoms with Crippen LogP contribution >= 0.6 is 0 Å². The van der Waals surface area contributed by atoms with Gasteiger partial charge in [-0.2, -0.15) is 0 Å². The van der Waals surface area contributed by atoms with Gasteiger partial charge >= 0.3 is 5.97 Å². The van der Waals surface area contributed by atoms with Crippen molar-refractivity contribution in [3.63, 3.8) is 0 Å². The number of nitrogens with zero attached hydrogens (tertiary/aromatic N) is 1. The Bertz CT molecular complexity index is 347. The molecular weight excluding hydrogens is 190 g/mol. The lowest BCUT2D eigenvalue weighted by Crippen LogP contribution is -2.06. The zero-order valence-corrected chi connectivity index (χ0v) is 9.54. The maximum absolute atomic E-state index is 11.3. The first-order valence-corrected chi connectivity index (χ1v) is 5.24. The summed E-state index contributed by atoms with van der Waals surface area (Å²) in [6.07, 6.45) is 3.25. The van der Waals surface area contributed by atoms with E-state index >= 15 is 0 Å². The largest absolute Gasteiger partial charge is 0.465 e. The molecule has 82 valence electrons. The van der Waals surface area contributed by atoms with E-state index in [-0.39, 0.29) is 5.97 Å². The number of pyridine rings is 1. The molecule has 3 nitrogen and oxygen atoms in total. The minimum Gasteiger partial charge on any atom is -0.465 e. The number of carbonyl (C=O) groups is 1. The van der Waals surface area contributed by atoms with E-state index in [0.29, 0.717) is 5.56 Å². The van der Waals surface area contributed by atoms with Crippen LogP contribution in [0.1, 0.15) is 41.5 Å². The van der Waals surface area contributed by atoms with Crippen molar-refractivity contribution in [1.29, 1.82) is 0 Å². The van der Waals surface area contributed by atoms with Gasteiger partial charge in [0.05, 0.1) is 18.4 Å². The lowest BCUT2D eigenvalue weighted by Gasteiger charge is -2.05. The number of aromatic nitrogens is 1. The zero-order chi connectivity index (χ0) is 11.3. The number of esters is 1. The smallest absolute Gasteiger partial charge is 0.339 e. The van der Waals surface area contributed by atoms with Crippen molar-refractivity contribution >= 4 is 5.97 Å². The lowest BCUT2D eigenvalue weighted by atomic mass is 10.1. The minimum atomic E-state index is -0.318. The van der Waals surface area contributed by atoms with E-state index in [1.54, 1.807) is 6.07 Å². The Morgan fingerprint density at radius 2 is 2.20 bits per heavy atom. The second-order valence-electron chi connectivity index (χ2n) is 3.53. The molecule has 15 heavy (non-hydrogen) atoms. The molecule has 0 unspecified atom stereocenters. The van der Waals surface area contributed by atoms with Crippen LogP contribution < -0.4 is 0 Å². The number of hydrogen-bond donors (Lipinski definition) is 0. The summed E-state index contributed by atoms with van der Waals surface area (Å²) in [6.45, 7) is 3.98. The Morgan fingerprint density at radius 1 is 1.47 bits per heavy atom. The third-order valence-electron chi connectivity index (χ3n) is 2.34. The van der Waals surface area contributed by atoms with Crippen LogP contribution in [-0.2, 0) is 11.2 Å². The van der Waals surface area contributed by atoms with Gasteiger partial charge in [0.2, 0.25) is 0 Å². The van der Waals surface area contributed by atoms with Crippen molar-refractivity contribution in [2.24, 2.45) is 0 Å². The molecule has 0 amide bonds. The van der Waals surface area contributed by atoms with Crippen LogP contribution in [0.2, 0.25) is 0 Å². The zero-order valence-electron chi connectivity index (χ0n) is 9.54. The van der Waals surface area contributed by atoms with Gasteiger partial charge in [0.25, 0.3) is 0 Å². The van der Waals surface area contributed by atoms with Crippen molar-refractivity contribution in [2.45, 2.75) is 33.1 Å². The van der Waals surface area contributed by atoms with E-state index in [4.69, 9.17) is 0 Å². The van der Waals surface area contributed by atoms with Crippen LogP contribution in [0.4, 0.5) is 0 Å². The highest BCUT2D eigenvalue weighted by Gasteiger charge is 2.10. The second-order valence-corrected chi connectivity index (χ2v) is 3.53. The van der Waals surface area contributed by atoms with Gasteiger partial charge in [-0.15, -0.1) is 0 Å². The summed E-state index contributed by atoms with van der Waals surface area (Å²) >= 11 is 0. The Kier molecular flexibility index (Phi) is 4.28. The molecule has 1 heterocycles. The average molecular weight is 207 g/mol. The third kappa shape index (κ3) is 3.05. The highest BCUT2D eigenvalue weighted by molar-refractivity contribution is 5.90. The van der Waals surface area contributed by atoms with Crippen molar-refractivity contribution < 1.29 is 9.53 Å². The van der Waals surface area contributed by atoms with E-state index in [1.165, 1.54) is 7.11 Å². The highest BCUT2D eigenvalue weighted by atomic mass is 16.5. The van der Waals surface area contributed by atoms with Gasteiger partial charge in [0.15, 0.2) is 0 Å². The molecule has 3 heteroatoms. The van der Waals surface area contributed by atoms with E-state index in [1.807, 2.05) is 13.0 Å². The van der Waals surface area contributed by atoms with Crippen molar-refractivity contribution in [2.75, 3.05) is 7.11 Å². The molecule has 0 radical (unpaired) electrons. The molecule has 1 rings (SSSR count). The van der Waals surface area contributed by atoms with Gasteiger partial charge in [0.1, 0.15) is 0 Å². The molecule has 0 saturated carbocycles. The van der Waals surface area contributed by atoms with Crippen molar-refractivity contribution in [3.8, 4) is 0 Å². The Hall–Kier alpha value is -1.38. The first kappa shape index (κ1) is 11.7. The summed E-state index contributed by atoms with van der Waals surface area (Å²) in [7, 11) is 1.38. The maximum Gasteiger partial charge on any atom is 0.339 e. The Labute approximate surface area is 90.5 Å². The van der Waals surface area contributed by atoms with E-state index in [0.717, 1.165) is 30.7 Å². The van der Waals surface area contributed by atoms with Gasteiger partial charge < -0.3 is 4.74 Å². The summed E-state index contributed by atoms with van der Waals surface area (Å²) in [5.41, 5.74) is 2.34. The Morgan fingerprint density at radius 3 is 2.73 bits per heavy atom. The fourth-order valence-corrected chi connectivity index (χ4v) is 1.44. The first-order valence-electron chi connectivity index (χ1n) is 5.24. The predicted molar refractivity (Wildman–Crippen MR) is 58.9 cm³/mol. The number of ether oxygens (including phenoxy) is 1. The minimum absolute atomic E-state index is 0.318. The third-order valence-corrected chi connectivity index (χ3v) is 2.34. The number of aryl methyl sites for hydroxylation is 2. The van der Waals surface area contributed by atoms with E-state index in [9.17, 15) is 4.79 Å². The van der Waals surface area contributed by atoms with Gasteiger partial charge in [-0.25, -0.2) is 4.79 Å². The maximum atomic E-state index is 11.3. The quantitative estimate of drug-likeness (QED) is 0.712. The van der Waals surface area contributed by atoms with Gasteiger partial charge in [-0.1, -0.05) is 13.3 Å². The fraction of sp³-hybridized carbons (Fsp3) is 0.500. The molecule has 0 spiro atoms. The molecular formula is C12H17NO2. The number of unbranched alkanes of at least 4 members (excludes halogenated alkanes) is 1. The van der Waals surface area contributed by atoms with E-state index in [2.05, 4.69) is 16.6 Å². The number of hydrogen-bond acceptors (Lipinski definition) is 3. The molecule has 0 fully saturated rings. The first-order chi connectivity index (χ1) is 7.19. The van der Waals surface area contributed by atoms with Gasteiger partial charge in [-0.3, -0.25) is 4.98 Å². The Balaban J connectivity index is 2.83.